The second-order valence-electron chi connectivity index (χ2n) is 17.5. The molecule has 16 heteroatoms. The Hall–Kier alpha value is -3.31. The topological polar surface area (TPSA) is 223 Å². The van der Waals surface area contributed by atoms with Crippen LogP contribution in [0.25, 0.3) is 0 Å². The Bertz CT molecular complexity index is 1360. The van der Waals surface area contributed by atoms with Gasteiger partial charge in [-0.25, -0.2) is 10.3 Å². The van der Waals surface area contributed by atoms with E-state index in [0.717, 1.165) is 32.1 Å². The fraction of sp³-hybridized carbons (Fsp3) is 0.829. The summed E-state index contributed by atoms with van der Waals surface area (Å²) >= 11 is 0. The number of carbonyl (C=O) groups excluding carboxylic acids is 5. The summed E-state index contributed by atoms with van der Waals surface area (Å²) in [5.41, 5.74) is -0.655. The Balaban J connectivity index is 1.01. The van der Waals surface area contributed by atoms with Crippen LogP contribution in [0, 0.1) is 40.4 Å². The Kier molecular flexibility index (Phi) is 18.0. The molecular weight excluding hydrogens is 738 g/mol. The summed E-state index contributed by atoms with van der Waals surface area (Å²) in [6, 6.07) is -1.18. The molecule has 8 atom stereocenters. The zero-order chi connectivity index (χ0) is 41.6. The largest absolute Gasteiger partial charge is 0.446 e. The lowest BCUT2D eigenvalue weighted by Gasteiger charge is -2.33. The average molecular weight is 808 g/mol. The Morgan fingerprint density at radius 3 is 1.95 bits per heavy atom. The van der Waals surface area contributed by atoms with Crippen molar-refractivity contribution in [1.29, 1.82) is 0 Å². The van der Waals surface area contributed by atoms with Crippen molar-refractivity contribution in [3.05, 3.63) is 12.2 Å². The number of rotatable bonds is 23. The molecule has 4 aliphatic rings. The van der Waals surface area contributed by atoms with E-state index in [1.165, 1.54) is 18.3 Å². The van der Waals surface area contributed by atoms with Gasteiger partial charge in [0, 0.05) is 26.3 Å². The summed E-state index contributed by atoms with van der Waals surface area (Å²) < 4.78 is 22.6. The third-order valence-electron chi connectivity index (χ3n) is 11.9. The molecule has 57 heavy (non-hydrogen) atoms. The van der Waals surface area contributed by atoms with Crippen LogP contribution in [0.5, 0.6) is 0 Å². The maximum Gasteiger partial charge on any atom is 0.407 e. The first kappa shape index (κ1) is 46.4. The number of hydroxylamine groups is 1. The minimum Gasteiger partial charge on any atom is -0.446 e. The molecule has 0 radical (unpaired) electrons. The highest BCUT2D eigenvalue weighted by molar-refractivity contribution is 5.97. The molecule has 2 bridgehead atoms. The van der Waals surface area contributed by atoms with Crippen LogP contribution in [-0.2, 0) is 38.1 Å². The van der Waals surface area contributed by atoms with E-state index < -0.39 is 40.9 Å². The Morgan fingerprint density at radius 2 is 1.39 bits per heavy atom. The summed E-state index contributed by atoms with van der Waals surface area (Å²) in [5, 5.41) is 31.4. The molecule has 324 valence electrons. The summed E-state index contributed by atoms with van der Waals surface area (Å²) in [7, 11) is 0. The van der Waals surface area contributed by atoms with Gasteiger partial charge in [0.15, 0.2) is 0 Å². The van der Waals surface area contributed by atoms with Crippen molar-refractivity contribution in [3.63, 3.8) is 0 Å². The van der Waals surface area contributed by atoms with Gasteiger partial charge in [-0.05, 0) is 80.5 Å². The van der Waals surface area contributed by atoms with Crippen molar-refractivity contribution in [1.82, 2.24) is 26.7 Å². The number of allylic oxidation sites excluding steroid dienone is 1. The standard InChI is InChI=1S/C41H69N5O11/c1-26(2)30-25-41(30,34(47)37(50)46-53)38(51)45-33(40(3,4)5)36(49)43-17-11-19-55-21-23-56-22-20-54-18-10-16-42-35(48)31-27-14-15-28(24-27)32(31)44-39(52)57-29-12-8-6-7-9-13-29/h14-15,26-34,47,53H,6-13,16-25H2,1-5H3,(H,42,48)(H,43,49)(H,44,52)(H,45,51)(H,46,50)/t27?,28?,30?,31?,32?,33-,34-,41?/m1/s1. The molecule has 0 heterocycles. The number of hydrogen-bond donors (Lipinski definition) is 7. The highest BCUT2D eigenvalue weighted by atomic mass is 16.6. The van der Waals surface area contributed by atoms with Crippen LogP contribution in [0.15, 0.2) is 12.2 Å². The second-order valence-corrected chi connectivity index (χ2v) is 17.5. The molecule has 5 amide bonds. The van der Waals surface area contributed by atoms with Crippen molar-refractivity contribution in [3.8, 4) is 0 Å². The third kappa shape index (κ3) is 13.1. The number of carbonyl (C=O) groups is 5. The average Bonchev–Trinajstić information content (AvgIpc) is 3.75. The Morgan fingerprint density at radius 1 is 0.807 bits per heavy atom. The zero-order valence-electron chi connectivity index (χ0n) is 34.6. The van der Waals surface area contributed by atoms with Gasteiger partial charge in [-0.2, -0.15) is 0 Å². The van der Waals surface area contributed by atoms with Gasteiger partial charge in [0.1, 0.15) is 18.2 Å². The smallest absolute Gasteiger partial charge is 0.407 e. The van der Waals surface area contributed by atoms with E-state index in [-0.39, 0.29) is 60.0 Å². The van der Waals surface area contributed by atoms with E-state index in [4.69, 9.17) is 24.2 Å². The van der Waals surface area contributed by atoms with Crippen molar-refractivity contribution >= 4 is 29.7 Å². The van der Waals surface area contributed by atoms with Crippen molar-refractivity contribution in [2.75, 3.05) is 52.7 Å². The molecule has 4 rings (SSSR count). The molecule has 3 fully saturated rings. The summed E-state index contributed by atoms with van der Waals surface area (Å²) in [6.45, 7) is 12.4. The van der Waals surface area contributed by atoms with Gasteiger partial charge in [-0.1, -0.05) is 59.6 Å². The van der Waals surface area contributed by atoms with Gasteiger partial charge in [0.05, 0.1) is 43.8 Å². The zero-order valence-corrected chi connectivity index (χ0v) is 34.6. The number of fused-ring (bicyclic) bond motifs is 2. The summed E-state index contributed by atoms with van der Waals surface area (Å²) in [5.74, 6) is -2.40. The van der Waals surface area contributed by atoms with Crippen LogP contribution in [-0.4, -0.2) is 117 Å². The number of aliphatic hydroxyl groups is 1. The SMILES string of the molecule is CC(C)C1CC1(C(=O)N[C@H](C(=O)NCCCOCCOCCOCCCNC(=O)C1C2C=CC(C2)C1NC(=O)OC1CCCCCC1)C(C)(C)C)[C@H](O)C(=O)NO. The van der Waals surface area contributed by atoms with E-state index in [2.05, 4.69) is 33.4 Å². The van der Waals surface area contributed by atoms with Gasteiger partial charge in [0.25, 0.3) is 5.91 Å². The third-order valence-corrected chi connectivity index (χ3v) is 11.9. The van der Waals surface area contributed by atoms with Crippen LogP contribution in [0.3, 0.4) is 0 Å². The number of alkyl carbamates (subject to hydrolysis) is 1. The van der Waals surface area contributed by atoms with Crippen LogP contribution in [0.2, 0.25) is 0 Å². The number of ether oxygens (including phenoxy) is 4. The van der Waals surface area contributed by atoms with Crippen molar-refractivity contribution < 1.29 is 53.2 Å². The van der Waals surface area contributed by atoms with Gasteiger partial charge in [0.2, 0.25) is 17.7 Å². The molecule has 6 unspecified atom stereocenters. The second kappa shape index (κ2) is 22.2. The molecule has 16 nitrogen and oxygen atoms in total. The minimum atomic E-state index is -1.75. The number of hydrogen-bond acceptors (Lipinski definition) is 11. The lowest BCUT2D eigenvalue weighted by Crippen LogP contribution is -2.58. The maximum atomic E-state index is 13.5. The highest BCUT2D eigenvalue weighted by Crippen LogP contribution is 2.59. The van der Waals surface area contributed by atoms with Gasteiger partial charge >= 0.3 is 6.09 Å². The molecule has 0 aliphatic heterocycles. The molecular formula is C41H69N5O11. The molecule has 0 aromatic rings. The van der Waals surface area contributed by atoms with Crippen LogP contribution >= 0.6 is 0 Å². The van der Waals surface area contributed by atoms with Crippen LogP contribution < -0.4 is 26.7 Å². The van der Waals surface area contributed by atoms with E-state index in [9.17, 15) is 29.1 Å². The van der Waals surface area contributed by atoms with E-state index >= 15 is 0 Å². The maximum absolute atomic E-state index is 13.5. The quantitative estimate of drug-likeness (QED) is 0.0262. The van der Waals surface area contributed by atoms with Gasteiger partial charge < -0.3 is 45.3 Å². The molecule has 0 aromatic heterocycles. The molecule has 3 saturated carbocycles. The number of nitrogens with one attached hydrogen (secondary N) is 5. The summed E-state index contributed by atoms with van der Waals surface area (Å²) in [6.07, 6.45) is 10.7. The predicted molar refractivity (Wildman–Crippen MR) is 210 cm³/mol. The molecule has 0 spiro atoms. The van der Waals surface area contributed by atoms with E-state index in [1.54, 1.807) is 0 Å². The Labute approximate surface area is 337 Å². The first-order chi connectivity index (χ1) is 27.2. The minimum absolute atomic E-state index is 0.000630. The van der Waals surface area contributed by atoms with Crippen molar-refractivity contribution in [2.45, 2.75) is 123 Å². The molecule has 7 N–H and O–H groups in total. The van der Waals surface area contributed by atoms with E-state index in [1.807, 2.05) is 34.6 Å². The first-order valence-corrected chi connectivity index (χ1v) is 21.1. The number of aliphatic hydroxyl groups excluding tert-OH is 1. The fourth-order valence-corrected chi connectivity index (χ4v) is 8.66. The van der Waals surface area contributed by atoms with Crippen LogP contribution in [0.4, 0.5) is 4.79 Å². The molecule has 4 aliphatic carbocycles. The predicted octanol–water partition coefficient (Wildman–Crippen LogP) is 2.75. The normalized spacial score (nSPS) is 26.6. The molecule has 0 aromatic carbocycles. The van der Waals surface area contributed by atoms with E-state index in [0.29, 0.717) is 65.6 Å². The van der Waals surface area contributed by atoms with Crippen LogP contribution in [0.1, 0.15) is 98.8 Å². The number of amides is 5. The van der Waals surface area contributed by atoms with Gasteiger partial charge in [-0.15, -0.1) is 0 Å². The fourth-order valence-electron chi connectivity index (χ4n) is 8.66. The van der Waals surface area contributed by atoms with Crippen molar-refractivity contribution in [2.24, 2.45) is 40.4 Å². The van der Waals surface area contributed by atoms with Gasteiger partial charge in [-0.3, -0.25) is 24.4 Å². The molecule has 0 saturated heterocycles. The lowest BCUT2D eigenvalue weighted by molar-refractivity contribution is -0.150. The first-order valence-electron chi connectivity index (χ1n) is 21.1. The highest BCUT2D eigenvalue weighted by Gasteiger charge is 2.67. The summed E-state index contributed by atoms with van der Waals surface area (Å²) in [4.78, 5) is 64.5. The lowest BCUT2D eigenvalue weighted by atomic mass is 9.84. The monoisotopic (exact) mass is 807 g/mol.